The Labute approximate surface area is 351 Å². The summed E-state index contributed by atoms with van der Waals surface area (Å²) in [6.45, 7) is 0. The molecule has 0 unspecified atom stereocenters. The van der Waals surface area contributed by atoms with E-state index in [2.05, 4.69) is 241 Å². The van der Waals surface area contributed by atoms with Crippen molar-refractivity contribution in [2.75, 3.05) is 4.90 Å². The van der Waals surface area contributed by atoms with Gasteiger partial charge in [-0.25, -0.2) is 0 Å². The summed E-state index contributed by atoms with van der Waals surface area (Å²) < 4.78 is 0. The van der Waals surface area contributed by atoms with Crippen LogP contribution in [0.5, 0.6) is 0 Å². The number of hydrogen-bond acceptors (Lipinski definition) is 1. The molecule has 10 aromatic carbocycles. The second-order valence-corrected chi connectivity index (χ2v) is 16.0. The minimum atomic E-state index is -0.425. The molecule has 0 aromatic heterocycles. The number of nitrogens with zero attached hydrogens (tertiary/aromatic N) is 1. The summed E-state index contributed by atoms with van der Waals surface area (Å²) in [6.07, 6.45) is 0. The molecule has 0 N–H and O–H groups in total. The average molecular weight is 762 g/mol. The summed E-state index contributed by atoms with van der Waals surface area (Å²) in [5.41, 5.74) is 20.8. The minimum Gasteiger partial charge on any atom is -0.310 e. The van der Waals surface area contributed by atoms with Crippen molar-refractivity contribution in [1.29, 1.82) is 0 Å². The Hall–Kier alpha value is -7.74. The molecule has 0 radical (unpaired) electrons. The smallest absolute Gasteiger partial charge is 0.0726 e. The van der Waals surface area contributed by atoms with Crippen LogP contribution in [-0.4, -0.2) is 0 Å². The van der Waals surface area contributed by atoms with Gasteiger partial charge in [-0.2, -0.15) is 0 Å². The van der Waals surface area contributed by atoms with Gasteiger partial charge in [-0.3, -0.25) is 0 Å². The zero-order valence-corrected chi connectivity index (χ0v) is 33.0. The number of rotatable bonds is 6. The van der Waals surface area contributed by atoms with Gasteiger partial charge in [0, 0.05) is 17.1 Å². The molecule has 2 aliphatic carbocycles. The predicted octanol–water partition coefficient (Wildman–Crippen LogP) is 15.7. The van der Waals surface area contributed by atoms with Crippen molar-refractivity contribution in [3.63, 3.8) is 0 Å². The Morgan fingerprint density at radius 2 is 0.700 bits per heavy atom. The van der Waals surface area contributed by atoms with Crippen molar-refractivity contribution in [1.82, 2.24) is 0 Å². The van der Waals surface area contributed by atoms with Crippen LogP contribution in [-0.2, 0) is 5.41 Å². The van der Waals surface area contributed by atoms with Crippen molar-refractivity contribution in [2.45, 2.75) is 5.41 Å². The van der Waals surface area contributed by atoms with Crippen LogP contribution < -0.4 is 4.90 Å². The van der Waals surface area contributed by atoms with Gasteiger partial charge < -0.3 is 4.90 Å². The van der Waals surface area contributed by atoms with Crippen molar-refractivity contribution in [3.8, 4) is 55.6 Å². The highest BCUT2D eigenvalue weighted by molar-refractivity contribution is 6.04. The molecule has 1 nitrogen and oxygen atoms in total. The molecule has 0 amide bonds. The molecular weight excluding hydrogens is 723 g/mol. The first-order valence-electron chi connectivity index (χ1n) is 20.8. The Morgan fingerprint density at radius 3 is 1.30 bits per heavy atom. The molecule has 1 spiro atoms. The monoisotopic (exact) mass is 761 g/mol. The highest BCUT2D eigenvalue weighted by Crippen LogP contribution is 2.63. The molecule has 0 heterocycles. The molecule has 1 heteroatoms. The first kappa shape index (κ1) is 34.3. The van der Waals surface area contributed by atoms with Crippen LogP contribution in [0.2, 0.25) is 0 Å². The van der Waals surface area contributed by atoms with Gasteiger partial charge in [-0.05, 0) is 125 Å². The van der Waals surface area contributed by atoms with Gasteiger partial charge in [-0.15, -0.1) is 0 Å². The maximum atomic E-state index is 2.48. The fourth-order valence-electron chi connectivity index (χ4n) is 10.3. The summed E-state index contributed by atoms with van der Waals surface area (Å²) in [5, 5.41) is 2.50. The van der Waals surface area contributed by atoms with Crippen LogP contribution in [0.4, 0.5) is 17.1 Å². The van der Waals surface area contributed by atoms with Gasteiger partial charge in [0.05, 0.1) is 5.41 Å². The van der Waals surface area contributed by atoms with Gasteiger partial charge in [0.1, 0.15) is 0 Å². The van der Waals surface area contributed by atoms with E-state index in [0.29, 0.717) is 0 Å². The van der Waals surface area contributed by atoms with Gasteiger partial charge in [0.25, 0.3) is 0 Å². The van der Waals surface area contributed by atoms with Crippen LogP contribution >= 0.6 is 0 Å². The molecule has 0 fully saturated rings. The van der Waals surface area contributed by atoms with Crippen molar-refractivity contribution < 1.29 is 0 Å². The summed E-state index contributed by atoms with van der Waals surface area (Å²) in [6, 6.07) is 87.2. The van der Waals surface area contributed by atoms with Crippen molar-refractivity contribution >= 4 is 27.8 Å². The molecular formula is C59H39N. The Morgan fingerprint density at radius 1 is 0.267 bits per heavy atom. The van der Waals surface area contributed by atoms with E-state index in [1.807, 2.05) is 0 Å². The van der Waals surface area contributed by atoms with E-state index in [-0.39, 0.29) is 0 Å². The quantitative estimate of drug-likeness (QED) is 0.163. The average Bonchev–Trinajstić information content (AvgIpc) is 3.79. The highest BCUT2D eigenvalue weighted by atomic mass is 15.1. The third-order valence-electron chi connectivity index (χ3n) is 12.9. The minimum absolute atomic E-state index is 0.425. The lowest BCUT2D eigenvalue weighted by Crippen LogP contribution is -2.26. The molecule has 0 atom stereocenters. The maximum absolute atomic E-state index is 2.48. The topological polar surface area (TPSA) is 3.24 Å². The van der Waals surface area contributed by atoms with Crippen LogP contribution in [0.25, 0.3) is 66.4 Å². The zero-order chi connectivity index (χ0) is 39.6. The van der Waals surface area contributed by atoms with E-state index in [9.17, 15) is 0 Å². The number of anilines is 3. The lowest BCUT2D eigenvalue weighted by atomic mass is 9.70. The molecule has 0 saturated heterocycles. The number of hydrogen-bond donors (Lipinski definition) is 0. The SMILES string of the molecule is c1ccc(-c2ccc(N(c3ccc(-c4ccc5ccccc5c4-c4ccccc4)cc3)c3ccc4c(c3)C3(c5ccccc5-c5ccccc53)c3ccccc3-4)cc2)cc1. The summed E-state index contributed by atoms with van der Waals surface area (Å²) >= 11 is 0. The van der Waals surface area contributed by atoms with E-state index < -0.39 is 5.41 Å². The molecule has 12 rings (SSSR count). The summed E-state index contributed by atoms with van der Waals surface area (Å²) in [5.74, 6) is 0. The molecule has 0 bridgehead atoms. The van der Waals surface area contributed by atoms with E-state index in [4.69, 9.17) is 0 Å². The zero-order valence-electron chi connectivity index (χ0n) is 33.0. The third-order valence-corrected chi connectivity index (χ3v) is 12.9. The fraction of sp³-hybridized carbons (Fsp3) is 0.0169. The van der Waals surface area contributed by atoms with Gasteiger partial charge in [0.2, 0.25) is 0 Å². The Kier molecular flexibility index (Phi) is 7.83. The van der Waals surface area contributed by atoms with E-state index in [0.717, 1.165) is 17.1 Å². The first-order valence-corrected chi connectivity index (χ1v) is 20.8. The highest BCUT2D eigenvalue weighted by Gasteiger charge is 2.51. The molecule has 10 aromatic rings. The predicted molar refractivity (Wildman–Crippen MR) is 251 cm³/mol. The van der Waals surface area contributed by atoms with E-state index >= 15 is 0 Å². The number of fused-ring (bicyclic) bond motifs is 11. The standard InChI is InChI=1S/C59H39N/c1-3-15-40(16-4-1)41-27-32-45(33-28-41)60(46-34-29-43(30-35-46)49-37-31-42-17-7-8-20-48(42)58(49)44-18-5-2-6-19-44)47-36-38-53-52-23-11-14-26-56(52)59(57(53)39-47)54-24-12-9-21-50(54)51-22-10-13-25-55(51)59/h1-39H. The van der Waals surface area contributed by atoms with E-state index in [1.54, 1.807) is 0 Å². The van der Waals surface area contributed by atoms with Crippen molar-refractivity contribution in [3.05, 3.63) is 259 Å². The van der Waals surface area contributed by atoms with Crippen molar-refractivity contribution in [2.24, 2.45) is 0 Å². The maximum Gasteiger partial charge on any atom is 0.0726 e. The van der Waals surface area contributed by atoms with Crippen LogP contribution in [0, 0.1) is 0 Å². The molecule has 2 aliphatic rings. The largest absolute Gasteiger partial charge is 0.310 e. The third kappa shape index (κ3) is 5.13. The second kappa shape index (κ2) is 13.7. The van der Waals surface area contributed by atoms with Gasteiger partial charge in [-0.1, -0.05) is 200 Å². The normalized spacial score (nSPS) is 12.8. The Balaban J connectivity index is 1.05. The summed E-state index contributed by atoms with van der Waals surface area (Å²) in [4.78, 5) is 2.43. The molecule has 280 valence electrons. The molecule has 0 aliphatic heterocycles. The second-order valence-electron chi connectivity index (χ2n) is 16.0. The van der Waals surface area contributed by atoms with E-state index in [1.165, 1.54) is 88.7 Å². The summed E-state index contributed by atoms with van der Waals surface area (Å²) in [7, 11) is 0. The first-order chi connectivity index (χ1) is 29.8. The molecule has 60 heavy (non-hydrogen) atoms. The number of benzene rings is 10. The van der Waals surface area contributed by atoms with Gasteiger partial charge in [0.15, 0.2) is 0 Å². The molecule has 0 saturated carbocycles. The van der Waals surface area contributed by atoms with Gasteiger partial charge >= 0.3 is 0 Å². The van der Waals surface area contributed by atoms with Crippen LogP contribution in [0.1, 0.15) is 22.3 Å². The fourth-order valence-corrected chi connectivity index (χ4v) is 10.3. The Bertz CT molecular complexity index is 3170. The lowest BCUT2D eigenvalue weighted by molar-refractivity contribution is 0.793. The van der Waals surface area contributed by atoms with Crippen LogP contribution in [0.15, 0.2) is 237 Å². The van der Waals surface area contributed by atoms with Crippen LogP contribution in [0.3, 0.4) is 0 Å². The lowest BCUT2D eigenvalue weighted by Gasteiger charge is -2.32.